The van der Waals surface area contributed by atoms with Crippen LogP contribution >= 0.6 is 0 Å². The van der Waals surface area contributed by atoms with E-state index in [0.717, 1.165) is 22.3 Å². The van der Waals surface area contributed by atoms with Gasteiger partial charge < -0.3 is 0 Å². The molecule has 0 aliphatic heterocycles. The molecule has 23 heavy (non-hydrogen) atoms. The highest BCUT2D eigenvalue weighted by atomic mass is 16.6. The van der Waals surface area contributed by atoms with Crippen LogP contribution in [0.5, 0.6) is 0 Å². The summed E-state index contributed by atoms with van der Waals surface area (Å²) in [5, 5.41) is 10.8. The summed E-state index contributed by atoms with van der Waals surface area (Å²) >= 11 is 0. The zero-order valence-electron chi connectivity index (χ0n) is 12.4. The molecule has 0 saturated heterocycles. The van der Waals surface area contributed by atoms with Gasteiger partial charge in [0, 0.05) is 12.1 Å². The maximum atomic E-state index is 10.8. The Morgan fingerprint density at radius 2 is 1.26 bits per heavy atom. The summed E-state index contributed by atoms with van der Waals surface area (Å²) in [4.78, 5) is 10.5. The molecule has 0 heterocycles. The van der Waals surface area contributed by atoms with Crippen LogP contribution in [0.15, 0.2) is 84.9 Å². The first-order valence-electron chi connectivity index (χ1n) is 7.31. The molecule has 0 spiro atoms. The number of nitro benzene ring substituents is 1. The summed E-state index contributed by atoms with van der Waals surface area (Å²) in [7, 11) is 0. The first-order valence-corrected chi connectivity index (χ1v) is 7.31. The minimum Gasteiger partial charge on any atom is -0.258 e. The van der Waals surface area contributed by atoms with Crippen molar-refractivity contribution < 1.29 is 4.92 Å². The minimum atomic E-state index is -0.382. The first kappa shape index (κ1) is 14.7. The highest BCUT2D eigenvalue weighted by molar-refractivity contribution is 5.91. The van der Waals surface area contributed by atoms with Gasteiger partial charge in [-0.25, -0.2) is 0 Å². The van der Waals surface area contributed by atoms with Gasteiger partial charge in [0.25, 0.3) is 5.69 Å². The van der Waals surface area contributed by atoms with E-state index in [0.29, 0.717) is 0 Å². The largest absolute Gasteiger partial charge is 0.269 e. The van der Waals surface area contributed by atoms with Gasteiger partial charge in [-0.05, 0) is 40.5 Å². The SMILES string of the molecule is O=[N+]([O-])c1ccc(/C(=C/c2ccccc2)c2ccccc2)cc1. The average Bonchev–Trinajstić information content (AvgIpc) is 2.61. The number of hydrogen-bond donors (Lipinski definition) is 0. The number of nitro groups is 1. The number of rotatable bonds is 4. The van der Waals surface area contributed by atoms with Crippen LogP contribution in [-0.4, -0.2) is 4.92 Å². The number of nitrogens with zero attached hydrogens (tertiary/aromatic N) is 1. The fraction of sp³-hybridized carbons (Fsp3) is 0. The summed E-state index contributed by atoms with van der Waals surface area (Å²) in [5.41, 5.74) is 4.24. The van der Waals surface area contributed by atoms with Crippen molar-refractivity contribution >= 4 is 17.3 Å². The van der Waals surface area contributed by atoms with Gasteiger partial charge >= 0.3 is 0 Å². The average molecular weight is 301 g/mol. The lowest BCUT2D eigenvalue weighted by atomic mass is 9.95. The van der Waals surface area contributed by atoms with Gasteiger partial charge in [-0.2, -0.15) is 0 Å². The highest BCUT2D eigenvalue weighted by Gasteiger charge is 2.09. The van der Waals surface area contributed by atoms with Gasteiger partial charge in [0.15, 0.2) is 0 Å². The van der Waals surface area contributed by atoms with Crippen molar-refractivity contribution in [1.82, 2.24) is 0 Å². The van der Waals surface area contributed by atoms with E-state index in [1.54, 1.807) is 12.1 Å². The molecule has 0 aromatic heterocycles. The second-order valence-electron chi connectivity index (χ2n) is 5.14. The van der Waals surface area contributed by atoms with Gasteiger partial charge in [-0.1, -0.05) is 60.7 Å². The van der Waals surface area contributed by atoms with E-state index in [1.807, 2.05) is 60.7 Å². The van der Waals surface area contributed by atoms with Crippen LogP contribution < -0.4 is 0 Å². The Morgan fingerprint density at radius 3 is 1.83 bits per heavy atom. The molecule has 0 bridgehead atoms. The van der Waals surface area contributed by atoms with Crippen LogP contribution in [0.25, 0.3) is 11.6 Å². The zero-order valence-corrected chi connectivity index (χ0v) is 12.4. The van der Waals surface area contributed by atoms with Gasteiger partial charge in [0.05, 0.1) is 4.92 Å². The fourth-order valence-corrected chi connectivity index (χ4v) is 2.43. The third-order valence-corrected chi connectivity index (χ3v) is 3.58. The second-order valence-corrected chi connectivity index (χ2v) is 5.14. The maximum absolute atomic E-state index is 10.8. The molecule has 0 fully saturated rings. The van der Waals surface area contributed by atoms with Crippen LogP contribution in [0.3, 0.4) is 0 Å². The van der Waals surface area contributed by atoms with E-state index in [4.69, 9.17) is 0 Å². The molecular weight excluding hydrogens is 286 g/mol. The molecule has 3 nitrogen and oxygen atoms in total. The standard InChI is InChI=1S/C20H15NO2/c22-21(23)19-13-11-18(12-14-19)20(17-9-5-2-6-10-17)15-16-7-3-1-4-8-16/h1-15H/b20-15+. The summed E-state index contributed by atoms with van der Waals surface area (Å²) in [6, 6.07) is 26.7. The maximum Gasteiger partial charge on any atom is 0.269 e. The van der Waals surface area contributed by atoms with Crippen LogP contribution in [0, 0.1) is 10.1 Å². The Labute approximate surface area is 134 Å². The molecule has 3 heteroatoms. The predicted molar refractivity (Wildman–Crippen MR) is 93.0 cm³/mol. The summed E-state index contributed by atoms with van der Waals surface area (Å²) < 4.78 is 0. The Balaban J connectivity index is 2.09. The van der Waals surface area contributed by atoms with Crippen molar-refractivity contribution in [3.05, 3.63) is 112 Å². The number of non-ortho nitro benzene ring substituents is 1. The molecule has 0 amide bonds. The molecule has 3 rings (SSSR count). The van der Waals surface area contributed by atoms with Crippen molar-refractivity contribution in [3.8, 4) is 0 Å². The van der Waals surface area contributed by atoms with Crippen LogP contribution in [0.1, 0.15) is 16.7 Å². The van der Waals surface area contributed by atoms with E-state index in [1.165, 1.54) is 12.1 Å². The second kappa shape index (κ2) is 6.71. The molecule has 3 aromatic carbocycles. The number of benzene rings is 3. The molecule has 112 valence electrons. The Hall–Kier alpha value is -3.20. The lowest BCUT2D eigenvalue weighted by Crippen LogP contribution is -1.91. The minimum absolute atomic E-state index is 0.0980. The van der Waals surface area contributed by atoms with Gasteiger partial charge in [0.1, 0.15) is 0 Å². The van der Waals surface area contributed by atoms with E-state index < -0.39 is 0 Å². The van der Waals surface area contributed by atoms with Crippen molar-refractivity contribution in [1.29, 1.82) is 0 Å². The normalized spacial score (nSPS) is 11.2. The van der Waals surface area contributed by atoms with Crippen LogP contribution in [0.4, 0.5) is 5.69 Å². The third-order valence-electron chi connectivity index (χ3n) is 3.58. The molecule has 0 aliphatic carbocycles. The van der Waals surface area contributed by atoms with Crippen molar-refractivity contribution in [2.45, 2.75) is 0 Å². The lowest BCUT2D eigenvalue weighted by Gasteiger charge is -2.09. The quantitative estimate of drug-likeness (QED) is 0.378. The van der Waals surface area contributed by atoms with Gasteiger partial charge in [-0.15, -0.1) is 0 Å². The van der Waals surface area contributed by atoms with E-state index >= 15 is 0 Å². The summed E-state index contributed by atoms with van der Waals surface area (Å²) in [5.74, 6) is 0. The molecular formula is C20H15NO2. The van der Waals surface area contributed by atoms with E-state index in [9.17, 15) is 10.1 Å². The van der Waals surface area contributed by atoms with Crippen LogP contribution in [-0.2, 0) is 0 Å². The summed E-state index contributed by atoms with van der Waals surface area (Å²) in [6.45, 7) is 0. The van der Waals surface area contributed by atoms with E-state index in [2.05, 4.69) is 6.08 Å². The van der Waals surface area contributed by atoms with Crippen molar-refractivity contribution in [2.24, 2.45) is 0 Å². The zero-order chi connectivity index (χ0) is 16.1. The van der Waals surface area contributed by atoms with Gasteiger partial charge in [-0.3, -0.25) is 10.1 Å². The van der Waals surface area contributed by atoms with Crippen molar-refractivity contribution in [2.75, 3.05) is 0 Å². The highest BCUT2D eigenvalue weighted by Crippen LogP contribution is 2.27. The molecule has 0 atom stereocenters. The Kier molecular flexibility index (Phi) is 4.29. The predicted octanol–water partition coefficient (Wildman–Crippen LogP) is 5.18. The number of hydrogen-bond acceptors (Lipinski definition) is 2. The third kappa shape index (κ3) is 3.52. The topological polar surface area (TPSA) is 43.1 Å². The van der Waals surface area contributed by atoms with Gasteiger partial charge in [0.2, 0.25) is 0 Å². The van der Waals surface area contributed by atoms with E-state index in [-0.39, 0.29) is 10.6 Å². The lowest BCUT2D eigenvalue weighted by molar-refractivity contribution is -0.384. The molecule has 0 N–H and O–H groups in total. The fourth-order valence-electron chi connectivity index (χ4n) is 2.43. The summed E-state index contributed by atoms with van der Waals surface area (Å²) in [6.07, 6.45) is 2.09. The first-order chi connectivity index (χ1) is 11.2. The molecule has 3 aromatic rings. The van der Waals surface area contributed by atoms with Crippen LogP contribution in [0.2, 0.25) is 0 Å². The molecule has 0 unspecified atom stereocenters. The Bertz CT molecular complexity index is 823. The molecule has 0 saturated carbocycles. The Morgan fingerprint density at radius 1 is 0.739 bits per heavy atom. The monoisotopic (exact) mass is 301 g/mol. The van der Waals surface area contributed by atoms with Crippen molar-refractivity contribution in [3.63, 3.8) is 0 Å². The smallest absolute Gasteiger partial charge is 0.258 e. The molecule has 0 aliphatic rings. The molecule has 0 radical (unpaired) electrons.